The summed E-state index contributed by atoms with van der Waals surface area (Å²) in [6, 6.07) is 0.462. The molecule has 1 fully saturated rings. The highest BCUT2D eigenvalue weighted by atomic mass is 16.5. The number of likely N-dealkylation sites (N-methyl/N-ethyl adjacent to an activating group) is 1. The Hall–Kier alpha value is -0.0800. The van der Waals surface area contributed by atoms with Crippen molar-refractivity contribution in [1.82, 2.24) is 5.32 Å². The highest BCUT2D eigenvalue weighted by molar-refractivity contribution is 4.73. The minimum Gasteiger partial charge on any atom is -0.377 e. The lowest BCUT2D eigenvalue weighted by atomic mass is 10.2. The van der Waals surface area contributed by atoms with Crippen molar-refractivity contribution in [2.45, 2.75) is 45.3 Å². The van der Waals surface area contributed by atoms with Gasteiger partial charge in [-0.1, -0.05) is 12.8 Å². The molecule has 2 nitrogen and oxygen atoms in total. The lowest BCUT2D eigenvalue weighted by molar-refractivity contribution is 0.0415. The van der Waals surface area contributed by atoms with Gasteiger partial charge in [0, 0.05) is 12.6 Å². The van der Waals surface area contributed by atoms with Gasteiger partial charge < -0.3 is 10.1 Å². The first kappa shape index (κ1) is 10.0. The van der Waals surface area contributed by atoms with E-state index in [9.17, 15) is 0 Å². The molecule has 0 bridgehead atoms. The number of ether oxygens (including phenoxy) is 1. The van der Waals surface area contributed by atoms with Crippen LogP contribution in [0, 0.1) is 5.92 Å². The van der Waals surface area contributed by atoms with E-state index in [4.69, 9.17) is 4.74 Å². The Labute approximate surface area is 75.7 Å². The molecule has 1 rings (SSSR count). The molecule has 0 aliphatic heterocycles. The molecule has 0 saturated heterocycles. The Morgan fingerprint density at radius 1 is 1.42 bits per heavy atom. The fraction of sp³-hybridized carbons (Fsp3) is 1.00. The van der Waals surface area contributed by atoms with Gasteiger partial charge in [0.05, 0.1) is 6.10 Å². The average Bonchev–Trinajstić information content (AvgIpc) is 2.86. The van der Waals surface area contributed by atoms with Crippen LogP contribution in [0.2, 0.25) is 0 Å². The van der Waals surface area contributed by atoms with Crippen molar-refractivity contribution in [2.24, 2.45) is 5.92 Å². The van der Waals surface area contributed by atoms with Crippen LogP contribution in [0.15, 0.2) is 0 Å². The Morgan fingerprint density at radius 2 is 2.08 bits per heavy atom. The van der Waals surface area contributed by atoms with Crippen LogP contribution < -0.4 is 5.32 Å². The number of hydrogen-bond acceptors (Lipinski definition) is 2. The van der Waals surface area contributed by atoms with E-state index in [1.807, 2.05) is 7.05 Å². The SMILES string of the molecule is CNC(C)C(C)OCCC1CC1. The number of nitrogens with one attached hydrogen (secondary N) is 1. The van der Waals surface area contributed by atoms with E-state index in [1.54, 1.807) is 0 Å². The molecule has 0 aromatic rings. The van der Waals surface area contributed by atoms with Crippen LogP contribution in [0.25, 0.3) is 0 Å². The number of rotatable bonds is 6. The van der Waals surface area contributed by atoms with Crippen molar-refractivity contribution in [3.63, 3.8) is 0 Å². The highest BCUT2D eigenvalue weighted by Gasteiger charge is 2.21. The van der Waals surface area contributed by atoms with Crippen LogP contribution >= 0.6 is 0 Å². The van der Waals surface area contributed by atoms with Gasteiger partial charge in [0.15, 0.2) is 0 Å². The second-order valence-electron chi connectivity index (χ2n) is 3.89. The molecule has 72 valence electrons. The molecule has 2 unspecified atom stereocenters. The van der Waals surface area contributed by atoms with Crippen molar-refractivity contribution >= 4 is 0 Å². The Bertz CT molecular complexity index is 123. The third-order valence-electron chi connectivity index (χ3n) is 2.76. The van der Waals surface area contributed by atoms with E-state index in [0.717, 1.165) is 12.5 Å². The lowest BCUT2D eigenvalue weighted by Gasteiger charge is -2.19. The van der Waals surface area contributed by atoms with Gasteiger partial charge in [-0.2, -0.15) is 0 Å². The molecular formula is C10H21NO. The Kier molecular flexibility index (Phi) is 4.02. The van der Waals surface area contributed by atoms with E-state index in [0.29, 0.717) is 12.1 Å². The summed E-state index contributed by atoms with van der Waals surface area (Å²) >= 11 is 0. The molecular weight excluding hydrogens is 150 g/mol. The molecule has 0 aromatic carbocycles. The highest BCUT2D eigenvalue weighted by Crippen LogP contribution is 2.32. The molecule has 0 aromatic heterocycles. The van der Waals surface area contributed by atoms with E-state index < -0.39 is 0 Å². The molecule has 0 amide bonds. The fourth-order valence-electron chi connectivity index (χ4n) is 1.21. The first-order valence-corrected chi connectivity index (χ1v) is 5.03. The second-order valence-corrected chi connectivity index (χ2v) is 3.89. The minimum atomic E-state index is 0.341. The number of hydrogen-bond donors (Lipinski definition) is 1. The van der Waals surface area contributed by atoms with Crippen LogP contribution in [-0.4, -0.2) is 25.8 Å². The van der Waals surface area contributed by atoms with Crippen LogP contribution in [0.3, 0.4) is 0 Å². The fourth-order valence-corrected chi connectivity index (χ4v) is 1.21. The molecule has 2 atom stereocenters. The summed E-state index contributed by atoms with van der Waals surface area (Å²) in [6.07, 6.45) is 4.47. The van der Waals surface area contributed by atoms with Crippen molar-refractivity contribution in [3.8, 4) is 0 Å². The normalized spacial score (nSPS) is 22.2. The molecule has 0 radical (unpaired) electrons. The van der Waals surface area contributed by atoms with Crippen LogP contribution in [0.4, 0.5) is 0 Å². The molecule has 1 aliphatic rings. The second kappa shape index (κ2) is 4.83. The van der Waals surface area contributed by atoms with Gasteiger partial charge in [0.2, 0.25) is 0 Å². The van der Waals surface area contributed by atoms with E-state index in [-0.39, 0.29) is 0 Å². The lowest BCUT2D eigenvalue weighted by Crippen LogP contribution is -2.34. The maximum atomic E-state index is 5.68. The van der Waals surface area contributed by atoms with Gasteiger partial charge in [0.25, 0.3) is 0 Å². The first-order valence-electron chi connectivity index (χ1n) is 5.03. The van der Waals surface area contributed by atoms with Gasteiger partial charge in [-0.15, -0.1) is 0 Å². The summed E-state index contributed by atoms with van der Waals surface area (Å²) in [6.45, 7) is 5.23. The molecule has 1 saturated carbocycles. The van der Waals surface area contributed by atoms with E-state index in [1.165, 1.54) is 19.3 Å². The van der Waals surface area contributed by atoms with Crippen molar-refractivity contribution in [1.29, 1.82) is 0 Å². The Morgan fingerprint density at radius 3 is 2.58 bits per heavy atom. The van der Waals surface area contributed by atoms with Crippen LogP contribution in [0.1, 0.15) is 33.1 Å². The minimum absolute atomic E-state index is 0.341. The third kappa shape index (κ3) is 3.55. The smallest absolute Gasteiger partial charge is 0.0697 e. The van der Waals surface area contributed by atoms with Gasteiger partial charge in [0.1, 0.15) is 0 Å². The summed E-state index contributed by atoms with van der Waals surface area (Å²) in [5, 5.41) is 3.19. The zero-order valence-corrected chi connectivity index (χ0v) is 8.47. The predicted octanol–water partition coefficient (Wildman–Crippen LogP) is 1.80. The van der Waals surface area contributed by atoms with Gasteiger partial charge >= 0.3 is 0 Å². The van der Waals surface area contributed by atoms with Gasteiger partial charge in [-0.3, -0.25) is 0 Å². The topological polar surface area (TPSA) is 21.3 Å². The molecule has 12 heavy (non-hydrogen) atoms. The summed E-state index contributed by atoms with van der Waals surface area (Å²) in [5.41, 5.74) is 0. The summed E-state index contributed by atoms with van der Waals surface area (Å²) in [7, 11) is 1.98. The van der Waals surface area contributed by atoms with Crippen molar-refractivity contribution < 1.29 is 4.74 Å². The zero-order chi connectivity index (χ0) is 8.97. The van der Waals surface area contributed by atoms with Crippen molar-refractivity contribution in [3.05, 3.63) is 0 Å². The van der Waals surface area contributed by atoms with Gasteiger partial charge in [-0.05, 0) is 33.2 Å². The van der Waals surface area contributed by atoms with Crippen molar-refractivity contribution in [2.75, 3.05) is 13.7 Å². The van der Waals surface area contributed by atoms with E-state index >= 15 is 0 Å². The molecule has 2 heteroatoms. The molecule has 0 spiro atoms. The average molecular weight is 171 g/mol. The quantitative estimate of drug-likeness (QED) is 0.658. The standard InChI is InChI=1S/C10H21NO/c1-8(11-3)9(2)12-7-6-10-4-5-10/h8-11H,4-7H2,1-3H3. The van der Waals surface area contributed by atoms with Crippen LogP contribution in [-0.2, 0) is 4.74 Å². The largest absolute Gasteiger partial charge is 0.377 e. The first-order chi connectivity index (χ1) is 5.74. The predicted molar refractivity (Wildman–Crippen MR) is 51.3 cm³/mol. The molecule has 0 heterocycles. The van der Waals surface area contributed by atoms with E-state index in [2.05, 4.69) is 19.2 Å². The monoisotopic (exact) mass is 171 g/mol. The van der Waals surface area contributed by atoms with Crippen LogP contribution in [0.5, 0.6) is 0 Å². The molecule has 1 aliphatic carbocycles. The maximum Gasteiger partial charge on any atom is 0.0697 e. The summed E-state index contributed by atoms with van der Waals surface area (Å²) in [5.74, 6) is 0.988. The Balaban J connectivity index is 1.96. The summed E-state index contributed by atoms with van der Waals surface area (Å²) < 4.78 is 5.68. The molecule has 1 N–H and O–H groups in total. The zero-order valence-electron chi connectivity index (χ0n) is 8.47. The third-order valence-corrected chi connectivity index (χ3v) is 2.76. The maximum absolute atomic E-state index is 5.68. The summed E-state index contributed by atoms with van der Waals surface area (Å²) in [4.78, 5) is 0. The van der Waals surface area contributed by atoms with Gasteiger partial charge in [-0.25, -0.2) is 0 Å².